The largest absolute Gasteiger partial charge is 0.494 e. The number of rotatable bonds is 11. The van der Waals surface area contributed by atoms with Gasteiger partial charge in [0.25, 0.3) is 11.8 Å². The summed E-state index contributed by atoms with van der Waals surface area (Å²) in [7, 11) is 0. The fraction of sp³-hybridized carbons (Fsp3) is 0.118. The zero-order valence-corrected chi connectivity index (χ0v) is 25.8. The van der Waals surface area contributed by atoms with Crippen molar-refractivity contribution in [1.82, 2.24) is 10.3 Å². The Bertz CT molecular complexity index is 1820. The maximum atomic E-state index is 13.3. The number of aromatic nitrogens is 1. The van der Waals surface area contributed by atoms with Gasteiger partial charge in [-0.1, -0.05) is 59.4 Å². The highest BCUT2D eigenvalue weighted by molar-refractivity contribution is 8.00. The fourth-order valence-electron chi connectivity index (χ4n) is 4.22. The van der Waals surface area contributed by atoms with Crippen molar-refractivity contribution < 1.29 is 19.1 Å². The Morgan fingerprint density at radius 2 is 1.70 bits per heavy atom. The number of aryl methyl sites for hydroxylation is 1. The van der Waals surface area contributed by atoms with Crippen LogP contribution in [0.4, 0.5) is 10.8 Å². The van der Waals surface area contributed by atoms with Crippen LogP contribution in [0.5, 0.6) is 5.75 Å². The third-order valence-corrected chi connectivity index (χ3v) is 8.23. The van der Waals surface area contributed by atoms with Gasteiger partial charge in [0, 0.05) is 16.1 Å². The summed E-state index contributed by atoms with van der Waals surface area (Å²) in [6, 6.07) is 29.2. The fourth-order valence-corrected chi connectivity index (χ4v) is 5.83. The van der Waals surface area contributed by atoms with Crippen LogP contribution >= 0.6 is 23.1 Å². The minimum Gasteiger partial charge on any atom is -0.494 e. The molecule has 0 aliphatic rings. The molecule has 0 atom stereocenters. The van der Waals surface area contributed by atoms with E-state index in [0.29, 0.717) is 23.0 Å². The van der Waals surface area contributed by atoms with E-state index in [4.69, 9.17) is 4.74 Å². The van der Waals surface area contributed by atoms with Gasteiger partial charge in [0.05, 0.1) is 22.6 Å². The second-order valence-corrected chi connectivity index (χ2v) is 11.8. The molecule has 222 valence electrons. The first-order valence-corrected chi connectivity index (χ1v) is 15.7. The molecule has 0 aliphatic heterocycles. The van der Waals surface area contributed by atoms with E-state index >= 15 is 0 Å². The number of carbonyl (C=O) groups is 3. The summed E-state index contributed by atoms with van der Waals surface area (Å²) < 4.78 is 6.48. The van der Waals surface area contributed by atoms with Crippen molar-refractivity contribution in [2.24, 2.45) is 0 Å². The third-order valence-electron chi connectivity index (χ3n) is 6.28. The van der Waals surface area contributed by atoms with Crippen molar-refractivity contribution in [3.8, 4) is 5.75 Å². The first-order chi connectivity index (χ1) is 21.4. The van der Waals surface area contributed by atoms with Gasteiger partial charge in [0.15, 0.2) is 5.13 Å². The first kappa shape index (κ1) is 30.5. The molecule has 0 fully saturated rings. The van der Waals surface area contributed by atoms with Crippen LogP contribution in [-0.2, 0) is 9.59 Å². The molecule has 4 aromatic carbocycles. The summed E-state index contributed by atoms with van der Waals surface area (Å²) in [6.07, 6.45) is 1.65. The molecule has 5 aromatic rings. The first-order valence-electron chi connectivity index (χ1n) is 13.9. The predicted molar refractivity (Wildman–Crippen MR) is 178 cm³/mol. The second-order valence-electron chi connectivity index (χ2n) is 9.69. The molecule has 3 N–H and O–H groups in total. The Balaban J connectivity index is 1.19. The molecule has 0 radical (unpaired) electrons. The molecule has 0 saturated carbocycles. The molecule has 5 rings (SSSR count). The van der Waals surface area contributed by atoms with Crippen LogP contribution in [0.15, 0.2) is 108 Å². The maximum absolute atomic E-state index is 13.3. The van der Waals surface area contributed by atoms with Crippen molar-refractivity contribution in [2.45, 2.75) is 18.7 Å². The van der Waals surface area contributed by atoms with Crippen LogP contribution in [0.25, 0.3) is 16.3 Å². The van der Waals surface area contributed by atoms with E-state index in [-0.39, 0.29) is 23.3 Å². The van der Waals surface area contributed by atoms with Gasteiger partial charge in [0.2, 0.25) is 5.91 Å². The normalized spacial score (nSPS) is 11.2. The maximum Gasteiger partial charge on any atom is 0.272 e. The summed E-state index contributed by atoms with van der Waals surface area (Å²) in [5.74, 6) is -0.0462. The molecule has 0 aliphatic carbocycles. The standard InChI is InChI=1S/C34H30N4O4S2/c1-3-42-26-14-17-28-30(20-26)44-34(37-28)38-31(39)21-43-27-15-12-25(13-16-27)35-33(41)29(19-23-9-7-8-22(2)18-23)36-32(40)24-10-5-4-6-11-24/h4-20H,3,21H2,1-2H3,(H,35,41)(H,36,40)(H,37,38,39)/b29-19-. The number of anilines is 2. The number of thioether (sulfide) groups is 1. The zero-order chi connectivity index (χ0) is 30.9. The van der Waals surface area contributed by atoms with Crippen molar-refractivity contribution >= 4 is 67.9 Å². The number of amides is 3. The number of nitrogens with zero attached hydrogens (tertiary/aromatic N) is 1. The number of ether oxygens (including phenoxy) is 1. The number of benzene rings is 4. The number of fused-ring (bicyclic) bond motifs is 1. The van der Waals surface area contributed by atoms with Crippen LogP contribution in [0.1, 0.15) is 28.4 Å². The molecule has 0 bridgehead atoms. The van der Waals surface area contributed by atoms with Gasteiger partial charge in [-0.25, -0.2) is 4.98 Å². The molecular formula is C34H30N4O4S2. The SMILES string of the molecule is CCOc1ccc2nc(NC(=O)CSc3ccc(NC(=O)/C(=C/c4cccc(C)c4)NC(=O)c4ccccc4)cc3)sc2c1. The molecule has 10 heteroatoms. The van der Waals surface area contributed by atoms with Crippen molar-refractivity contribution in [3.05, 3.63) is 119 Å². The lowest BCUT2D eigenvalue weighted by atomic mass is 10.1. The van der Waals surface area contributed by atoms with E-state index in [0.717, 1.165) is 32.0 Å². The molecule has 3 amide bonds. The van der Waals surface area contributed by atoms with E-state index in [9.17, 15) is 14.4 Å². The molecule has 0 saturated heterocycles. The van der Waals surface area contributed by atoms with Crippen molar-refractivity contribution in [1.29, 1.82) is 0 Å². The summed E-state index contributed by atoms with van der Waals surface area (Å²) >= 11 is 2.77. The second kappa shape index (κ2) is 14.5. The number of nitrogens with one attached hydrogen (secondary N) is 3. The highest BCUT2D eigenvalue weighted by Crippen LogP contribution is 2.30. The minimum absolute atomic E-state index is 0.114. The van der Waals surface area contributed by atoms with Crippen LogP contribution in [-0.4, -0.2) is 35.1 Å². The quantitative estimate of drug-likeness (QED) is 0.107. The molecule has 1 aromatic heterocycles. The van der Waals surface area contributed by atoms with Crippen LogP contribution in [0.2, 0.25) is 0 Å². The van der Waals surface area contributed by atoms with Gasteiger partial charge in [-0.2, -0.15) is 0 Å². The average Bonchev–Trinajstić information content (AvgIpc) is 3.42. The Hall–Kier alpha value is -4.93. The van der Waals surface area contributed by atoms with E-state index in [1.54, 1.807) is 42.5 Å². The molecular weight excluding hydrogens is 593 g/mol. The molecule has 0 unspecified atom stereocenters. The zero-order valence-electron chi connectivity index (χ0n) is 24.1. The number of carbonyl (C=O) groups excluding carboxylic acids is 3. The lowest BCUT2D eigenvalue weighted by Crippen LogP contribution is -2.30. The van der Waals surface area contributed by atoms with E-state index < -0.39 is 5.91 Å². The summed E-state index contributed by atoms with van der Waals surface area (Å²) in [6.45, 7) is 4.47. The van der Waals surface area contributed by atoms with Crippen LogP contribution in [0, 0.1) is 6.92 Å². The molecule has 0 spiro atoms. The van der Waals surface area contributed by atoms with Crippen molar-refractivity contribution in [2.75, 3.05) is 23.0 Å². The van der Waals surface area contributed by atoms with Crippen LogP contribution < -0.4 is 20.7 Å². The monoisotopic (exact) mass is 622 g/mol. The lowest BCUT2D eigenvalue weighted by molar-refractivity contribution is -0.114. The Morgan fingerprint density at radius 1 is 0.909 bits per heavy atom. The number of hydrogen-bond acceptors (Lipinski definition) is 7. The van der Waals surface area contributed by atoms with Crippen LogP contribution in [0.3, 0.4) is 0 Å². The number of thiazole rings is 1. The third kappa shape index (κ3) is 8.33. The highest BCUT2D eigenvalue weighted by atomic mass is 32.2. The highest BCUT2D eigenvalue weighted by Gasteiger charge is 2.16. The predicted octanol–water partition coefficient (Wildman–Crippen LogP) is 7.14. The topological polar surface area (TPSA) is 109 Å². The van der Waals surface area contributed by atoms with Gasteiger partial charge in [-0.15, -0.1) is 11.8 Å². The summed E-state index contributed by atoms with van der Waals surface area (Å²) in [5, 5.41) is 9.01. The van der Waals surface area contributed by atoms with Crippen molar-refractivity contribution in [3.63, 3.8) is 0 Å². The smallest absolute Gasteiger partial charge is 0.272 e. The van der Waals surface area contributed by atoms with E-state index in [1.165, 1.54) is 23.1 Å². The van der Waals surface area contributed by atoms with Gasteiger partial charge in [0.1, 0.15) is 11.4 Å². The summed E-state index contributed by atoms with van der Waals surface area (Å²) in [4.78, 5) is 44.1. The minimum atomic E-state index is -0.459. The van der Waals surface area contributed by atoms with Gasteiger partial charge >= 0.3 is 0 Å². The average molecular weight is 623 g/mol. The van der Waals surface area contributed by atoms with Gasteiger partial charge in [-0.3, -0.25) is 14.4 Å². The lowest BCUT2D eigenvalue weighted by Gasteiger charge is -2.12. The molecule has 44 heavy (non-hydrogen) atoms. The van der Waals surface area contributed by atoms with E-state index in [1.807, 2.05) is 74.5 Å². The molecule has 8 nitrogen and oxygen atoms in total. The summed E-state index contributed by atoms with van der Waals surface area (Å²) in [5.41, 5.74) is 3.73. The van der Waals surface area contributed by atoms with Gasteiger partial charge < -0.3 is 20.7 Å². The Labute approximate surface area is 263 Å². The Kier molecular flexibility index (Phi) is 10.1. The Morgan fingerprint density at radius 3 is 2.45 bits per heavy atom. The van der Waals surface area contributed by atoms with E-state index in [2.05, 4.69) is 20.9 Å². The van der Waals surface area contributed by atoms with Gasteiger partial charge in [-0.05, 0) is 80.1 Å². The number of hydrogen-bond donors (Lipinski definition) is 3. The molecule has 1 heterocycles.